The number of rotatable bonds is 2. The Bertz CT molecular complexity index is 574. The first-order valence-electron chi connectivity index (χ1n) is 4.48. The molecule has 16 heavy (non-hydrogen) atoms. The van der Waals surface area contributed by atoms with Gasteiger partial charge in [-0.2, -0.15) is 0 Å². The van der Waals surface area contributed by atoms with E-state index >= 15 is 0 Å². The molecule has 0 spiro atoms. The Morgan fingerprint density at radius 2 is 2.06 bits per heavy atom. The third kappa shape index (κ3) is 2.51. The molecule has 2 aromatic heterocycles. The lowest BCUT2D eigenvalue weighted by molar-refractivity contribution is 0.686. The molecule has 0 aliphatic rings. The fraction of sp³-hybridized carbons (Fsp3) is 0.200. The van der Waals surface area contributed by atoms with Gasteiger partial charge in [0.1, 0.15) is 10.3 Å². The van der Waals surface area contributed by atoms with Crippen LogP contribution >= 0.6 is 23.2 Å². The fourth-order valence-corrected chi connectivity index (χ4v) is 2.45. The molecule has 0 fully saturated rings. The first-order chi connectivity index (χ1) is 7.56. The van der Waals surface area contributed by atoms with Crippen molar-refractivity contribution in [2.24, 2.45) is 0 Å². The van der Waals surface area contributed by atoms with E-state index in [2.05, 4.69) is 9.97 Å². The first kappa shape index (κ1) is 11.8. The zero-order valence-electron chi connectivity index (χ0n) is 8.41. The summed E-state index contributed by atoms with van der Waals surface area (Å²) in [5, 5.41) is 1.38. The normalized spacial score (nSPS) is 12.9. The van der Waals surface area contributed by atoms with Crippen molar-refractivity contribution in [1.29, 1.82) is 0 Å². The monoisotopic (exact) mass is 274 g/mol. The van der Waals surface area contributed by atoms with Crippen LogP contribution in [0.15, 0.2) is 18.2 Å². The molecule has 0 aliphatic heterocycles. The molecule has 0 N–H and O–H groups in total. The van der Waals surface area contributed by atoms with Crippen LogP contribution in [-0.2, 0) is 16.6 Å². The number of fused-ring (bicyclic) bond motifs is 1. The molecule has 1 atom stereocenters. The molecule has 0 saturated carbocycles. The third-order valence-corrected chi connectivity index (χ3v) is 3.20. The summed E-state index contributed by atoms with van der Waals surface area (Å²) in [6.45, 7) is 0. The van der Waals surface area contributed by atoms with Crippen LogP contribution in [0.1, 0.15) is 5.69 Å². The van der Waals surface area contributed by atoms with Gasteiger partial charge in [0.05, 0.1) is 17.0 Å². The van der Waals surface area contributed by atoms with Crippen molar-refractivity contribution < 1.29 is 4.21 Å². The Kier molecular flexibility index (Phi) is 3.42. The van der Waals surface area contributed by atoms with Gasteiger partial charge < -0.3 is 0 Å². The number of aromatic nitrogens is 2. The van der Waals surface area contributed by atoms with Gasteiger partial charge in [0.15, 0.2) is 0 Å². The molecule has 84 valence electrons. The van der Waals surface area contributed by atoms with E-state index in [1.54, 1.807) is 18.4 Å². The second-order valence-corrected chi connectivity index (χ2v) is 5.50. The molecule has 2 heterocycles. The summed E-state index contributed by atoms with van der Waals surface area (Å²) in [6, 6.07) is 5.26. The number of nitrogens with zero attached hydrogens (tertiary/aromatic N) is 2. The maximum Gasteiger partial charge on any atom is 0.140 e. The van der Waals surface area contributed by atoms with Gasteiger partial charge in [-0.3, -0.25) is 9.19 Å². The molecule has 0 saturated heterocycles. The van der Waals surface area contributed by atoms with Crippen LogP contribution in [0.3, 0.4) is 0 Å². The highest BCUT2D eigenvalue weighted by Crippen LogP contribution is 2.23. The number of pyridine rings is 2. The van der Waals surface area contributed by atoms with E-state index in [-0.39, 0.29) is 0 Å². The summed E-state index contributed by atoms with van der Waals surface area (Å²) < 4.78 is 11.1. The van der Waals surface area contributed by atoms with Gasteiger partial charge in [-0.25, -0.2) is 4.98 Å². The molecule has 2 aromatic rings. The Hall–Kier alpha value is -0.710. The molecule has 2 rings (SSSR count). The third-order valence-electron chi connectivity index (χ3n) is 2.02. The zero-order chi connectivity index (χ0) is 11.7. The molecule has 0 bridgehead atoms. The molecule has 1 unspecified atom stereocenters. The second kappa shape index (κ2) is 4.65. The van der Waals surface area contributed by atoms with Crippen molar-refractivity contribution in [1.82, 2.24) is 9.97 Å². The van der Waals surface area contributed by atoms with E-state index in [0.29, 0.717) is 21.6 Å². The molecule has 6 heteroatoms. The van der Waals surface area contributed by atoms with Gasteiger partial charge in [-0.15, -0.1) is 0 Å². The van der Waals surface area contributed by atoms with Gasteiger partial charge in [-0.05, 0) is 12.1 Å². The van der Waals surface area contributed by atoms with E-state index < -0.39 is 10.8 Å². The standard InChI is InChI=1S/C10H8Cl2N2OS/c1-16(15)5-6-2-3-7-8(13-6)4-9(11)14-10(7)12/h2-4H,5H2,1H3. The first-order valence-corrected chi connectivity index (χ1v) is 6.96. The zero-order valence-corrected chi connectivity index (χ0v) is 10.7. The van der Waals surface area contributed by atoms with Crippen LogP contribution in [0.2, 0.25) is 10.3 Å². The number of halogens is 2. The van der Waals surface area contributed by atoms with Crippen molar-refractivity contribution in [3.8, 4) is 0 Å². The minimum absolute atomic E-state index is 0.305. The van der Waals surface area contributed by atoms with Crippen LogP contribution in [0, 0.1) is 0 Å². The second-order valence-electron chi connectivity index (χ2n) is 3.32. The van der Waals surface area contributed by atoms with E-state index in [1.807, 2.05) is 6.07 Å². The SMILES string of the molecule is CS(=O)Cc1ccc2c(Cl)nc(Cl)cc2n1. The van der Waals surface area contributed by atoms with Crippen molar-refractivity contribution in [2.75, 3.05) is 6.26 Å². The summed E-state index contributed by atoms with van der Waals surface area (Å²) in [6.07, 6.45) is 1.64. The van der Waals surface area contributed by atoms with Crippen LogP contribution in [0.25, 0.3) is 10.9 Å². The smallest absolute Gasteiger partial charge is 0.140 e. The molecule has 0 aliphatic carbocycles. The van der Waals surface area contributed by atoms with Gasteiger partial charge >= 0.3 is 0 Å². The van der Waals surface area contributed by atoms with Crippen LogP contribution in [0.4, 0.5) is 0 Å². The molecule has 3 nitrogen and oxygen atoms in total. The fourth-order valence-electron chi connectivity index (χ4n) is 1.39. The predicted molar refractivity (Wildman–Crippen MR) is 67.3 cm³/mol. The predicted octanol–water partition coefficient (Wildman–Crippen LogP) is 2.82. The van der Waals surface area contributed by atoms with Crippen LogP contribution < -0.4 is 0 Å². The van der Waals surface area contributed by atoms with Gasteiger partial charge in [0, 0.05) is 28.5 Å². The van der Waals surface area contributed by atoms with Gasteiger partial charge in [-0.1, -0.05) is 23.2 Å². The topological polar surface area (TPSA) is 42.9 Å². The highest BCUT2D eigenvalue weighted by Gasteiger charge is 2.06. The number of hydrogen-bond acceptors (Lipinski definition) is 3. The molecule has 0 radical (unpaired) electrons. The van der Waals surface area contributed by atoms with Crippen molar-refractivity contribution in [3.63, 3.8) is 0 Å². The maximum absolute atomic E-state index is 11.1. The van der Waals surface area contributed by atoms with E-state index in [0.717, 1.165) is 11.1 Å². The average molecular weight is 275 g/mol. The number of hydrogen-bond donors (Lipinski definition) is 0. The summed E-state index contributed by atoms with van der Waals surface area (Å²) in [4.78, 5) is 8.26. The summed E-state index contributed by atoms with van der Waals surface area (Å²) in [5.41, 5.74) is 1.43. The van der Waals surface area contributed by atoms with Crippen LogP contribution in [-0.4, -0.2) is 20.4 Å². The minimum atomic E-state index is -0.914. The van der Waals surface area contributed by atoms with Crippen molar-refractivity contribution in [3.05, 3.63) is 34.2 Å². The molecule has 0 amide bonds. The van der Waals surface area contributed by atoms with Gasteiger partial charge in [0.25, 0.3) is 0 Å². The van der Waals surface area contributed by atoms with Crippen LogP contribution in [0.5, 0.6) is 0 Å². The molecule has 0 aromatic carbocycles. The lowest BCUT2D eigenvalue weighted by Gasteiger charge is -2.03. The largest absolute Gasteiger partial charge is 0.259 e. The Morgan fingerprint density at radius 1 is 1.31 bits per heavy atom. The highest BCUT2D eigenvalue weighted by atomic mass is 35.5. The summed E-state index contributed by atoms with van der Waals surface area (Å²) in [7, 11) is -0.914. The molecular formula is C10H8Cl2N2OS. The highest BCUT2D eigenvalue weighted by molar-refractivity contribution is 7.83. The quantitative estimate of drug-likeness (QED) is 0.791. The maximum atomic E-state index is 11.1. The summed E-state index contributed by atoms with van der Waals surface area (Å²) >= 11 is 11.7. The molecular weight excluding hydrogens is 267 g/mol. The average Bonchev–Trinajstić information content (AvgIpc) is 2.15. The van der Waals surface area contributed by atoms with E-state index in [1.165, 1.54) is 0 Å². The van der Waals surface area contributed by atoms with E-state index in [9.17, 15) is 4.21 Å². The minimum Gasteiger partial charge on any atom is -0.259 e. The lowest BCUT2D eigenvalue weighted by atomic mass is 10.2. The Morgan fingerprint density at radius 3 is 2.75 bits per heavy atom. The summed E-state index contributed by atoms with van der Waals surface area (Å²) in [5.74, 6) is 0.424. The Balaban J connectivity index is 2.57. The van der Waals surface area contributed by atoms with Crippen molar-refractivity contribution in [2.45, 2.75) is 5.75 Å². The van der Waals surface area contributed by atoms with E-state index in [4.69, 9.17) is 23.2 Å². The van der Waals surface area contributed by atoms with Gasteiger partial charge in [0.2, 0.25) is 0 Å². The lowest BCUT2D eigenvalue weighted by Crippen LogP contribution is -1.96. The van der Waals surface area contributed by atoms with Crippen molar-refractivity contribution >= 4 is 44.9 Å². The Labute approximate surface area is 105 Å².